The molecule has 5 rings (SSSR count). The zero-order chi connectivity index (χ0) is 19.1. The van der Waals surface area contributed by atoms with Crippen molar-refractivity contribution in [2.75, 3.05) is 0 Å². The van der Waals surface area contributed by atoms with E-state index in [0.717, 1.165) is 17.0 Å². The summed E-state index contributed by atoms with van der Waals surface area (Å²) in [6, 6.07) is 20.9. The van der Waals surface area contributed by atoms with Crippen molar-refractivity contribution in [3.8, 4) is 22.2 Å². The van der Waals surface area contributed by atoms with E-state index >= 15 is 0 Å². The van der Waals surface area contributed by atoms with Crippen LogP contribution in [0.1, 0.15) is 16.8 Å². The standard InChI is InChI=1S/C23H19N3OS/c1-15-16(2)26(14-17-7-4-3-5-8-17)20-11-10-18(13-19(15)20)22-24-25-23(27-22)21-9-6-12-28-21/h3-13H,14H2,1-2H3. The highest BCUT2D eigenvalue weighted by atomic mass is 32.1. The van der Waals surface area contributed by atoms with Crippen molar-refractivity contribution in [2.45, 2.75) is 20.4 Å². The Morgan fingerprint density at radius 3 is 2.54 bits per heavy atom. The maximum absolute atomic E-state index is 5.92. The lowest BCUT2D eigenvalue weighted by Gasteiger charge is -2.09. The molecule has 0 aliphatic rings. The minimum absolute atomic E-state index is 0.554. The first-order valence-corrected chi connectivity index (χ1v) is 10.1. The molecule has 0 saturated carbocycles. The van der Waals surface area contributed by atoms with E-state index in [-0.39, 0.29) is 0 Å². The van der Waals surface area contributed by atoms with E-state index in [1.54, 1.807) is 11.3 Å². The normalized spacial score (nSPS) is 11.4. The van der Waals surface area contributed by atoms with Crippen LogP contribution < -0.4 is 0 Å². The van der Waals surface area contributed by atoms with Crippen LogP contribution in [-0.4, -0.2) is 14.8 Å². The van der Waals surface area contributed by atoms with Crippen LogP contribution in [0.5, 0.6) is 0 Å². The summed E-state index contributed by atoms with van der Waals surface area (Å²) in [5, 5.41) is 11.7. The van der Waals surface area contributed by atoms with Crippen LogP contribution >= 0.6 is 11.3 Å². The lowest BCUT2D eigenvalue weighted by atomic mass is 10.1. The average molecular weight is 385 g/mol. The first kappa shape index (κ1) is 17.0. The molecule has 5 heteroatoms. The Balaban J connectivity index is 1.56. The second kappa shape index (κ2) is 6.77. The summed E-state index contributed by atoms with van der Waals surface area (Å²) >= 11 is 1.60. The first-order chi connectivity index (χ1) is 13.7. The van der Waals surface area contributed by atoms with E-state index in [4.69, 9.17) is 4.42 Å². The summed E-state index contributed by atoms with van der Waals surface area (Å²) < 4.78 is 8.29. The zero-order valence-corrected chi connectivity index (χ0v) is 16.5. The minimum Gasteiger partial charge on any atom is -0.415 e. The molecule has 5 aromatic rings. The fraction of sp³-hybridized carbons (Fsp3) is 0.130. The molecule has 0 radical (unpaired) electrons. The van der Waals surface area contributed by atoms with Crippen LogP contribution in [0, 0.1) is 13.8 Å². The number of thiophene rings is 1. The molecule has 0 aliphatic heterocycles. The summed E-state index contributed by atoms with van der Waals surface area (Å²) in [5.74, 6) is 1.12. The largest absolute Gasteiger partial charge is 0.415 e. The van der Waals surface area contributed by atoms with Gasteiger partial charge in [0.2, 0.25) is 5.89 Å². The van der Waals surface area contributed by atoms with E-state index in [0.29, 0.717) is 11.8 Å². The van der Waals surface area contributed by atoms with Gasteiger partial charge in [-0.05, 0) is 54.6 Å². The second-order valence-corrected chi connectivity index (χ2v) is 7.85. The maximum Gasteiger partial charge on any atom is 0.258 e. The Kier molecular flexibility index (Phi) is 4.10. The van der Waals surface area contributed by atoms with Gasteiger partial charge in [-0.2, -0.15) is 0 Å². The fourth-order valence-corrected chi connectivity index (χ4v) is 4.24. The van der Waals surface area contributed by atoms with Gasteiger partial charge in [-0.15, -0.1) is 21.5 Å². The van der Waals surface area contributed by atoms with E-state index in [2.05, 4.69) is 77.1 Å². The number of nitrogens with zero attached hydrogens (tertiary/aromatic N) is 3. The van der Waals surface area contributed by atoms with Gasteiger partial charge >= 0.3 is 0 Å². The van der Waals surface area contributed by atoms with Crippen molar-refractivity contribution in [1.82, 2.24) is 14.8 Å². The Morgan fingerprint density at radius 1 is 0.929 bits per heavy atom. The summed E-state index contributed by atoms with van der Waals surface area (Å²) in [5.41, 5.74) is 6.03. The molecular weight excluding hydrogens is 366 g/mol. The third kappa shape index (κ3) is 2.84. The molecule has 138 valence electrons. The van der Waals surface area contributed by atoms with Crippen molar-refractivity contribution in [1.29, 1.82) is 0 Å². The summed E-state index contributed by atoms with van der Waals surface area (Å²) in [6.07, 6.45) is 0. The van der Waals surface area contributed by atoms with E-state index in [1.165, 1.54) is 27.7 Å². The van der Waals surface area contributed by atoms with Crippen molar-refractivity contribution in [3.63, 3.8) is 0 Å². The average Bonchev–Trinajstić information content (AvgIpc) is 3.46. The van der Waals surface area contributed by atoms with Crippen molar-refractivity contribution in [3.05, 3.63) is 82.9 Å². The molecule has 0 saturated heterocycles. The SMILES string of the molecule is Cc1c(C)n(Cc2ccccc2)c2ccc(-c3nnc(-c4cccs4)o3)cc12. The number of aromatic nitrogens is 3. The predicted octanol–water partition coefficient (Wildman–Crippen LogP) is 6.08. The molecule has 0 bridgehead atoms. The number of aryl methyl sites for hydroxylation is 1. The van der Waals surface area contributed by atoms with E-state index in [9.17, 15) is 0 Å². The molecule has 0 aliphatic carbocycles. The Morgan fingerprint density at radius 2 is 1.75 bits per heavy atom. The fourth-order valence-electron chi connectivity index (χ4n) is 3.59. The van der Waals surface area contributed by atoms with Crippen LogP contribution in [0.3, 0.4) is 0 Å². The molecule has 4 nitrogen and oxygen atoms in total. The first-order valence-electron chi connectivity index (χ1n) is 9.22. The number of fused-ring (bicyclic) bond motifs is 1. The lowest BCUT2D eigenvalue weighted by Crippen LogP contribution is -2.01. The quantitative estimate of drug-likeness (QED) is 0.376. The molecule has 0 unspecified atom stereocenters. The lowest BCUT2D eigenvalue weighted by molar-refractivity contribution is 0.586. The Bertz CT molecular complexity index is 1250. The predicted molar refractivity (Wildman–Crippen MR) is 114 cm³/mol. The van der Waals surface area contributed by atoms with Gasteiger partial charge < -0.3 is 8.98 Å². The summed E-state index contributed by atoms with van der Waals surface area (Å²) in [7, 11) is 0. The van der Waals surface area contributed by atoms with E-state index in [1.807, 2.05) is 17.5 Å². The monoisotopic (exact) mass is 385 g/mol. The van der Waals surface area contributed by atoms with Gasteiger partial charge in [0.05, 0.1) is 4.88 Å². The number of rotatable bonds is 4. The molecular formula is C23H19N3OS. The van der Waals surface area contributed by atoms with Gasteiger partial charge in [-0.3, -0.25) is 0 Å². The van der Waals surface area contributed by atoms with Gasteiger partial charge in [0.25, 0.3) is 5.89 Å². The third-order valence-corrected chi connectivity index (χ3v) is 6.08. The molecule has 0 spiro atoms. The second-order valence-electron chi connectivity index (χ2n) is 6.90. The highest BCUT2D eigenvalue weighted by molar-refractivity contribution is 7.13. The topological polar surface area (TPSA) is 43.9 Å². The molecule has 28 heavy (non-hydrogen) atoms. The molecule has 0 amide bonds. The molecule has 3 aromatic heterocycles. The summed E-state index contributed by atoms with van der Waals surface area (Å²) in [4.78, 5) is 0.987. The number of benzene rings is 2. The van der Waals surface area contributed by atoms with Crippen molar-refractivity contribution < 1.29 is 4.42 Å². The van der Waals surface area contributed by atoms with Gasteiger partial charge in [0.1, 0.15) is 0 Å². The molecule has 0 N–H and O–H groups in total. The van der Waals surface area contributed by atoms with Gasteiger partial charge in [-0.25, -0.2) is 0 Å². The molecule has 3 heterocycles. The van der Waals surface area contributed by atoms with E-state index < -0.39 is 0 Å². The Hall–Kier alpha value is -3.18. The molecule has 0 fully saturated rings. The number of hydrogen-bond acceptors (Lipinski definition) is 4. The highest BCUT2D eigenvalue weighted by Gasteiger charge is 2.15. The van der Waals surface area contributed by atoms with Crippen LogP contribution in [-0.2, 0) is 6.54 Å². The smallest absolute Gasteiger partial charge is 0.258 e. The number of hydrogen-bond donors (Lipinski definition) is 0. The molecule has 0 atom stereocenters. The van der Waals surface area contributed by atoms with Gasteiger partial charge in [-0.1, -0.05) is 36.4 Å². The van der Waals surface area contributed by atoms with Gasteiger partial charge in [0, 0.05) is 28.7 Å². The zero-order valence-electron chi connectivity index (χ0n) is 15.7. The minimum atomic E-state index is 0.554. The third-order valence-electron chi connectivity index (χ3n) is 5.23. The maximum atomic E-state index is 5.92. The Labute approximate surface area is 167 Å². The highest BCUT2D eigenvalue weighted by Crippen LogP contribution is 2.32. The van der Waals surface area contributed by atoms with Crippen LogP contribution in [0.15, 0.2) is 70.5 Å². The van der Waals surface area contributed by atoms with Crippen LogP contribution in [0.4, 0.5) is 0 Å². The van der Waals surface area contributed by atoms with Crippen LogP contribution in [0.25, 0.3) is 33.1 Å². The summed E-state index contributed by atoms with van der Waals surface area (Å²) in [6.45, 7) is 5.22. The van der Waals surface area contributed by atoms with Crippen LogP contribution in [0.2, 0.25) is 0 Å². The van der Waals surface area contributed by atoms with Crippen molar-refractivity contribution in [2.24, 2.45) is 0 Å². The molecule has 2 aromatic carbocycles. The van der Waals surface area contributed by atoms with Crippen molar-refractivity contribution >= 4 is 22.2 Å². The van der Waals surface area contributed by atoms with Gasteiger partial charge in [0.15, 0.2) is 0 Å².